The van der Waals surface area contributed by atoms with Crippen LogP contribution in [0.5, 0.6) is 11.5 Å². The maximum Gasteiger partial charge on any atom is 0.311 e. The molecule has 36 heavy (non-hydrogen) atoms. The Morgan fingerprint density at radius 3 is 2.44 bits per heavy atom. The molecule has 7 nitrogen and oxygen atoms in total. The van der Waals surface area contributed by atoms with Gasteiger partial charge in [0.2, 0.25) is 5.91 Å². The third-order valence-electron chi connectivity index (χ3n) is 6.03. The third-order valence-corrected chi connectivity index (χ3v) is 6.03. The molecule has 1 N–H and O–H groups in total. The van der Waals surface area contributed by atoms with Gasteiger partial charge in [-0.2, -0.15) is 0 Å². The summed E-state index contributed by atoms with van der Waals surface area (Å²) in [5.41, 5.74) is 3.54. The lowest BCUT2D eigenvalue weighted by Crippen LogP contribution is -2.28. The molecule has 0 radical (unpaired) electrons. The Bertz CT molecular complexity index is 1240. The van der Waals surface area contributed by atoms with Crippen molar-refractivity contribution in [1.29, 1.82) is 0 Å². The Hall–Kier alpha value is -4.13. The second-order valence-corrected chi connectivity index (χ2v) is 9.22. The molecular formula is C29H30N2O5. The molecule has 1 aliphatic rings. The monoisotopic (exact) mass is 486 g/mol. The summed E-state index contributed by atoms with van der Waals surface area (Å²) in [4.78, 5) is 38.7. The van der Waals surface area contributed by atoms with Crippen LogP contribution < -0.4 is 15.0 Å². The van der Waals surface area contributed by atoms with Crippen molar-refractivity contribution in [2.45, 2.75) is 33.1 Å². The average Bonchev–Trinajstić information content (AvgIpc) is 3.25. The van der Waals surface area contributed by atoms with Crippen molar-refractivity contribution in [1.82, 2.24) is 0 Å². The zero-order valence-electron chi connectivity index (χ0n) is 20.7. The zero-order valence-corrected chi connectivity index (χ0v) is 20.7. The highest BCUT2D eigenvalue weighted by atomic mass is 16.5. The summed E-state index contributed by atoms with van der Waals surface area (Å²) in [6.45, 7) is 6.07. The molecule has 1 aliphatic heterocycles. The molecule has 3 aromatic rings. The van der Waals surface area contributed by atoms with E-state index >= 15 is 0 Å². The van der Waals surface area contributed by atoms with E-state index < -0.39 is 24.4 Å². The van der Waals surface area contributed by atoms with Gasteiger partial charge in [0, 0.05) is 24.3 Å². The molecular weight excluding hydrogens is 456 g/mol. The lowest BCUT2D eigenvalue weighted by molar-refractivity contribution is -0.151. The number of amides is 2. The van der Waals surface area contributed by atoms with Crippen LogP contribution in [0.25, 0.3) is 0 Å². The van der Waals surface area contributed by atoms with Gasteiger partial charge in [0.15, 0.2) is 6.61 Å². The number of hydrogen-bond donors (Lipinski definition) is 1. The Labute approximate surface area is 211 Å². The Balaban J connectivity index is 1.33. The highest BCUT2D eigenvalue weighted by Crippen LogP contribution is 2.33. The van der Waals surface area contributed by atoms with Gasteiger partial charge < -0.3 is 19.7 Å². The fourth-order valence-corrected chi connectivity index (χ4v) is 4.12. The van der Waals surface area contributed by atoms with Crippen molar-refractivity contribution in [3.8, 4) is 11.5 Å². The minimum atomic E-state index is -0.626. The second-order valence-electron chi connectivity index (χ2n) is 9.22. The van der Waals surface area contributed by atoms with Crippen molar-refractivity contribution in [3.05, 3.63) is 83.9 Å². The number of benzene rings is 3. The van der Waals surface area contributed by atoms with Crippen molar-refractivity contribution in [2.75, 3.05) is 23.4 Å². The molecule has 0 aromatic heterocycles. The van der Waals surface area contributed by atoms with Crippen LogP contribution in [0.4, 0.5) is 11.4 Å². The van der Waals surface area contributed by atoms with Gasteiger partial charge in [-0.15, -0.1) is 0 Å². The fraction of sp³-hybridized carbons (Fsp3) is 0.276. The lowest BCUT2D eigenvalue weighted by Gasteiger charge is -2.18. The molecule has 0 unspecified atom stereocenters. The van der Waals surface area contributed by atoms with Gasteiger partial charge in [-0.05, 0) is 66.4 Å². The van der Waals surface area contributed by atoms with Crippen LogP contribution >= 0.6 is 0 Å². The Morgan fingerprint density at radius 2 is 1.75 bits per heavy atom. The Kier molecular flexibility index (Phi) is 7.68. The number of aryl methyl sites for hydroxylation is 1. The first-order valence-corrected chi connectivity index (χ1v) is 12.0. The smallest absolute Gasteiger partial charge is 0.311 e. The number of rotatable bonds is 8. The minimum Gasteiger partial charge on any atom is -0.457 e. The Morgan fingerprint density at radius 1 is 1.03 bits per heavy atom. The second kappa shape index (κ2) is 11.1. The number of nitrogens with zero attached hydrogens (tertiary/aromatic N) is 1. The summed E-state index contributed by atoms with van der Waals surface area (Å²) in [6, 6.07) is 22.3. The third kappa shape index (κ3) is 6.10. The summed E-state index contributed by atoms with van der Waals surface area (Å²) in [7, 11) is 0. The molecule has 3 aromatic carbocycles. The molecule has 0 aliphatic carbocycles. The molecule has 4 rings (SSSR count). The van der Waals surface area contributed by atoms with E-state index in [-0.39, 0.29) is 18.9 Å². The van der Waals surface area contributed by atoms with E-state index in [1.54, 1.807) is 41.3 Å². The van der Waals surface area contributed by atoms with Crippen LogP contribution in [-0.2, 0) is 19.1 Å². The molecule has 7 heteroatoms. The summed E-state index contributed by atoms with van der Waals surface area (Å²) < 4.78 is 11.3. The van der Waals surface area contributed by atoms with Crippen LogP contribution in [-0.4, -0.2) is 30.9 Å². The van der Waals surface area contributed by atoms with Crippen molar-refractivity contribution < 1.29 is 23.9 Å². The van der Waals surface area contributed by atoms with Crippen LogP contribution in [0.3, 0.4) is 0 Å². The molecule has 1 fully saturated rings. The number of carbonyl (C=O) groups excluding carboxylic acids is 3. The van der Waals surface area contributed by atoms with Gasteiger partial charge in [0.05, 0.1) is 5.92 Å². The molecule has 1 heterocycles. The van der Waals surface area contributed by atoms with Gasteiger partial charge in [0.1, 0.15) is 11.5 Å². The first-order valence-electron chi connectivity index (χ1n) is 12.0. The van der Waals surface area contributed by atoms with Crippen LogP contribution in [0, 0.1) is 12.8 Å². The van der Waals surface area contributed by atoms with Crippen LogP contribution in [0.1, 0.15) is 37.3 Å². The number of nitrogens with one attached hydrogen (secondary N) is 1. The highest BCUT2D eigenvalue weighted by molar-refractivity contribution is 6.00. The fourth-order valence-electron chi connectivity index (χ4n) is 4.12. The summed E-state index contributed by atoms with van der Waals surface area (Å²) in [5.74, 6) is 0.0183. The number of esters is 1. The van der Waals surface area contributed by atoms with Crippen molar-refractivity contribution in [2.24, 2.45) is 5.92 Å². The number of ether oxygens (including phenoxy) is 2. The maximum atomic E-state index is 12.6. The van der Waals surface area contributed by atoms with Gasteiger partial charge >= 0.3 is 5.97 Å². The van der Waals surface area contributed by atoms with Gasteiger partial charge in [-0.1, -0.05) is 44.2 Å². The zero-order chi connectivity index (χ0) is 25.7. The van der Waals surface area contributed by atoms with E-state index in [0.717, 1.165) is 16.9 Å². The molecule has 0 saturated carbocycles. The van der Waals surface area contributed by atoms with Gasteiger partial charge in [-0.25, -0.2) is 0 Å². The van der Waals surface area contributed by atoms with E-state index in [2.05, 4.69) is 31.3 Å². The first-order chi connectivity index (χ1) is 17.3. The van der Waals surface area contributed by atoms with Crippen LogP contribution in [0.2, 0.25) is 0 Å². The molecule has 1 atom stereocenters. The average molecular weight is 487 g/mol. The van der Waals surface area contributed by atoms with E-state index in [1.807, 2.05) is 31.2 Å². The first kappa shape index (κ1) is 25.0. The molecule has 0 bridgehead atoms. The maximum absolute atomic E-state index is 12.6. The van der Waals surface area contributed by atoms with Crippen molar-refractivity contribution >= 4 is 29.2 Å². The number of anilines is 2. The predicted octanol–water partition coefficient (Wildman–Crippen LogP) is 5.45. The highest BCUT2D eigenvalue weighted by Gasteiger charge is 2.36. The molecule has 186 valence electrons. The largest absolute Gasteiger partial charge is 0.457 e. The standard InChI is InChI=1S/C29H30N2O5/c1-19(2)25-14-9-20(3)15-26(25)36-24-12-10-23(11-13-24)31-17-21(16-28(31)33)29(34)35-18-27(32)30-22-7-5-4-6-8-22/h4-15,19,21H,16-18H2,1-3H3,(H,30,32)/t21-/m0/s1. The quantitative estimate of drug-likeness (QED) is 0.428. The topological polar surface area (TPSA) is 84.9 Å². The molecule has 0 spiro atoms. The normalized spacial score (nSPS) is 15.2. The summed E-state index contributed by atoms with van der Waals surface area (Å²) in [5, 5.41) is 2.66. The SMILES string of the molecule is Cc1ccc(C(C)C)c(Oc2ccc(N3C[C@@H](C(=O)OCC(=O)Nc4ccccc4)CC3=O)cc2)c1. The molecule has 1 saturated heterocycles. The van der Waals surface area contributed by atoms with Crippen molar-refractivity contribution in [3.63, 3.8) is 0 Å². The summed E-state index contributed by atoms with van der Waals surface area (Å²) >= 11 is 0. The van der Waals surface area contributed by atoms with E-state index in [1.165, 1.54) is 0 Å². The van der Waals surface area contributed by atoms with E-state index in [4.69, 9.17) is 9.47 Å². The van der Waals surface area contributed by atoms with Crippen LogP contribution in [0.15, 0.2) is 72.8 Å². The number of para-hydroxylation sites is 1. The van der Waals surface area contributed by atoms with Gasteiger partial charge in [-0.3, -0.25) is 14.4 Å². The van der Waals surface area contributed by atoms with E-state index in [0.29, 0.717) is 23.0 Å². The van der Waals surface area contributed by atoms with Gasteiger partial charge in [0.25, 0.3) is 5.91 Å². The van der Waals surface area contributed by atoms with E-state index in [9.17, 15) is 14.4 Å². The number of hydrogen-bond acceptors (Lipinski definition) is 5. The summed E-state index contributed by atoms with van der Waals surface area (Å²) in [6.07, 6.45) is 0.0401. The molecule has 2 amide bonds. The number of carbonyl (C=O) groups is 3. The predicted molar refractivity (Wildman–Crippen MR) is 138 cm³/mol. The minimum absolute atomic E-state index is 0.0401. The lowest BCUT2D eigenvalue weighted by atomic mass is 10.0.